The van der Waals surface area contributed by atoms with Crippen molar-refractivity contribution in [2.75, 3.05) is 27.9 Å². The summed E-state index contributed by atoms with van der Waals surface area (Å²) in [5.41, 5.74) is 6.56. The molecule has 0 bridgehead atoms. The summed E-state index contributed by atoms with van der Waals surface area (Å²) in [6.07, 6.45) is 8.10. The van der Waals surface area contributed by atoms with Crippen LogP contribution in [0.15, 0.2) is 101 Å². The molecule has 254 valence electrons. The largest absolute Gasteiger partial charge is 0.497 e. The summed E-state index contributed by atoms with van der Waals surface area (Å²) in [4.78, 5) is 0. The van der Waals surface area contributed by atoms with E-state index in [0.29, 0.717) is 32.7 Å². The van der Waals surface area contributed by atoms with E-state index < -0.39 is 6.29 Å². The fourth-order valence-corrected chi connectivity index (χ4v) is 6.63. The van der Waals surface area contributed by atoms with Gasteiger partial charge in [0.2, 0.25) is 0 Å². The van der Waals surface area contributed by atoms with Crippen molar-refractivity contribution in [1.82, 2.24) is 0 Å². The highest BCUT2D eigenvalue weighted by Crippen LogP contribution is 2.45. The molecule has 0 spiro atoms. The molecule has 1 aliphatic carbocycles. The molecule has 5 atom stereocenters. The third-order valence-electron chi connectivity index (χ3n) is 9.26. The SMILES string of the molecule is CCC[C@H]1c2cocc2C/C(=C/COCc2ccc(OC)cc2)[C@H](OCc2ccc(OC)cc2)C[C@H]2OC(c3ccc(OC)cc3)O[C@H]21. The zero-order chi connectivity index (χ0) is 33.3. The van der Waals surface area contributed by atoms with Gasteiger partial charge in [-0.3, -0.25) is 0 Å². The van der Waals surface area contributed by atoms with Gasteiger partial charge in [0, 0.05) is 17.9 Å². The Labute approximate surface area is 283 Å². The van der Waals surface area contributed by atoms with Crippen LogP contribution in [-0.2, 0) is 38.6 Å². The van der Waals surface area contributed by atoms with Gasteiger partial charge in [0.1, 0.15) is 17.2 Å². The van der Waals surface area contributed by atoms with Crippen LogP contribution >= 0.6 is 0 Å². The molecular formula is C40H46O8. The van der Waals surface area contributed by atoms with E-state index in [-0.39, 0.29) is 24.2 Å². The van der Waals surface area contributed by atoms with Crippen molar-refractivity contribution in [2.24, 2.45) is 0 Å². The van der Waals surface area contributed by atoms with Crippen molar-refractivity contribution in [3.63, 3.8) is 0 Å². The smallest absolute Gasteiger partial charge is 0.184 e. The molecule has 0 amide bonds. The van der Waals surface area contributed by atoms with Crippen LogP contribution in [0.25, 0.3) is 0 Å². The summed E-state index contributed by atoms with van der Waals surface area (Å²) >= 11 is 0. The average Bonchev–Trinajstić information content (AvgIpc) is 3.78. The lowest BCUT2D eigenvalue weighted by Crippen LogP contribution is -2.33. The zero-order valence-corrected chi connectivity index (χ0v) is 28.3. The summed E-state index contributed by atoms with van der Waals surface area (Å²) in [6.45, 7) is 3.58. The second-order valence-corrected chi connectivity index (χ2v) is 12.3. The second kappa shape index (κ2) is 16.3. The van der Waals surface area contributed by atoms with Gasteiger partial charge in [-0.15, -0.1) is 0 Å². The highest BCUT2D eigenvalue weighted by atomic mass is 16.7. The third kappa shape index (κ3) is 8.13. The van der Waals surface area contributed by atoms with Gasteiger partial charge in [0.05, 0.1) is 72.0 Å². The summed E-state index contributed by atoms with van der Waals surface area (Å²) < 4.78 is 48.5. The molecule has 2 heterocycles. The molecule has 0 N–H and O–H groups in total. The molecule has 1 saturated heterocycles. The predicted octanol–water partition coefficient (Wildman–Crippen LogP) is 8.35. The van der Waals surface area contributed by atoms with E-state index in [9.17, 15) is 0 Å². The van der Waals surface area contributed by atoms with Crippen molar-refractivity contribution in [2.45, 2.75) is 76.3 Å². The van der Waals surface area contributed by atoms with E-state index >= 15 is 0 Å². The number of hydrogen-bond acceptors (Lipinski definition) is 8. The maximum absolute atomic E-state index is 6.82. The summed E-state index contributed by atoms with van der Waals surface area (Å²) in [5, 5.41) is 0. The van der Waals surface area contributed by atoms with Gasteiger partial charge in [-0.2, -0.15) is 0 Å². The number of methoxy groups -OCH3 is 3. The second-order valence-electron chi connectivity index (χ2n) is 12.3. The molecule has 4 aromatic rings. The Morgan fingerprint density at radius 1 is 0.750 bits per heavy atom. The summed E-state index contributed by atoms with van der Waals surface area (Å²) in [7, 11) is 5.01. The molecular weight excluding hydrogens is 608 g/mol. The lowest BCUT2D eigenvalue weighted by Gasteiger charge is -2.27. The van der Waals surface area contributed by atoms with Crippen LogP contribution in [-0.4, -0.2) is 46.2 Å². The van der Waals surface area contributed by atoms with Gasteiger partial charge < -0.3 is 37.6 Å². The van der Waals surface area contributed by atoms with Gasteiger partial charge in [0.25, 0.3) is 0 Å². The van der Waals surface area contributed by atoms with Gasteiger partial charge in [-0.05, 0) is 77.1 Å². The van der Waals surface area contributed by atoms with Gasteiger partial charge in [0.15, 0.2) is 6.29 Å². The molecule has 1 aliphatic heterocycles. The molecule has 2 aliphatic rings. The quantitative estimate of drug-likeness (QED) is 0.105. The minimum atomic E-state index is -0.498. The van der Waals surface area contributed by atoms with Crippen LogP contribution in [0.2, 0.25) is 0 Å². The Bertz CT molecular complexity index is 1590. The van der Waals surface area contributed by atoms with Crippen molar-refractivity contribution in [1.29, 1.82) is 0 Å². The standard InChI is InChI=1S/C40H46O8/c1-5-6-35-36-26-45-25-31(36)21-30(19-20-44-23-27-7-13-32(41-2)14-8-27)37(46-24-28-9-15-33(42-3)16-10-28)22-38-39(35)48-40(47-38)29-11-17-34(43-4)18-12-29/h7-19,25-26,35,37-40H,5-6,20-24H2,1-4H3/b30-19-/t35-,37+,38+,39-,40?/m0/s1. The molecule has 6 rings (SSSR count). The fraction of sp³-hybridized carbons (Fsp3) is 0.400. The van der Waals surface area contributed by atoms with E-state index in [1.165, 1.54) is 5.56 Å². The molecule has 48 heavy (non-hydrogen) atoms. The lowest BCUT2D eigenvalue weighted by atomic mass is 9.85. The predicted molar refractivity (Wildman–Crippen MR) is 182 cm³/mol. The van der Waals surface area contributed by atoms with E-state index in [4.69, 9.17) is 37.6 Å². The Morgan fingerprint density at radius 2 is 1.38 bits per heavy atom. The Balaban J connectivity index is 1.29. The first-order chi connectivity index (χ1) is 23.6. The van der Waals surface area contributed by atoms with Gasteiger partial charge >= 0.3 is 0 Å². The van der Waals surface area contributed by atoms with E-state index in [2.05, 4.69) is 13.0 Å². The van der Waals surface area contributed by atoms with E-state index in [1.807, 2.05) is 85.3 Å². The normalized spacial score (nSPS) is 23.1. The number of ether oxygens (including phenoxy) is 7. The van der Waals surface area contributed by atoms with Gasteiger partial charge in [-0.1, -0.05) is 55.8 Å². The van der Waals surface area contributed by atoms with Crippen molar-refractivity contribution < 1.29 is 37.6 Å². The van der Waals surface area contributed by atoms with Gasteiger partial charge in [-0.25, -0.2) is 0 Å². The molecule has 3 aromatic carbocycles. The van der Waals surface area contributed by atoms with Crippen LogP contribution in [0.5, 0.6) is 17.2 Å². The molecule has 0 saturated carbocycles. The lowest BCUT2D eigenvalue weighted by molar-refractivity contribution is -0.0765. The fourth-order valence-electron chi connectivity index (χ4n) is 6.63. The van der Waals surface area contributed by atoms with Crippen LogP contribution in [0.4, 0.5) is 0 Å². The number of rotatable bonds is 13. The molecule has 1 fully saturated rings. The van der Waals surface area contributed by atoms with Crippen LogP contribution < -0.4 is 14.2 Å². The van der Waals surface area contributed by atoms with Crippen molar-refractivity contribution >= 4 is 0 Å². The Morgan fingerprint density at radius 3 is 2.00 bits per heavy atom. The number of benzene rings is 3. The molecule has 0 radical (unpaired) electrons. The maximum atomic E-state index is 6.82. The number of hydrogen-bond donors (Lipinski definition) is 0. The topological polar surface area (TPSA) is 77.8 Å². The molecule has 8 nitrogen and oxygen atoms in total. The van der Waals surface area contributed by atoms with E-state index in [1.54, 1.807) is 21.3 Å². The summed E-state index contributed by atoms with van der Waals surface area (Å²) in [5.74, 6) is 2.55. The molecule has 1 aromatic heterocycles. The highest BCUT2D eigenvalue weighted by Gasteiger charge is 2.45. The minimum absolute atomic E-state index is 0.116. The minimum Gasteiger partial charge on any atom is -0.497 e. The molecule has 8 heteroatoms. The first-order valence-corrected chi connectivity index (χ1v) is 16.7. The monoisotopic (exact) mass is 654 g/mol. The Hall–Kier alpha value is -4.08. The van der Waals surface area contributed by atoms with E-state index in [0.717, 1.165) is 57.9 Å². The highest BCUT2D eigenvalue weighted by molar-refractivity contribution is 5.35. The van der Waals surface area contributed by atoms with Crippen LogP contribution in [0, 0.1) is 0 Å². The van der Waals surface area contributed by atoms with Crippen molar-refractivity contribution in [3.05, 3.63) is 125 Å². The number of fused-ring (bicyclic) bond motifs is 2. The first kappa shape index (κ1) is 33.8. The summed E-state index contributed by atoms with van der Waals surface area (Å²) in [6, 6.07) is 23.9. The first-order valence-electron chi connectivity index (χ1n) is 16.7. The third-order valence-corrected chi connectivity index (χ3v) is 9.26. The van der Waals surface area contributed by atoms with Crippen LogP contribution in [0.1, 0.15) is 66.2 Å². The van der Waals surface area contributed by atoms with Crippen molar-refractivity contribution in [3.8, 4) is 17.2 Å². The Kier molecular flexibility index (Phi) is 11.5. The maximum Gasteiger partial charge on any atom is 0.184 e. The number of furan rings is 1. The van der Waals surface area contributed by atoms with Crippen LogP contribution in [0.3, 0.4) is 0 Å². The average molecular weight is 655 g/mol. The molecule has 1 unspecified atom stereocenters. The zero-order valence-electron chi connectivity index (χ0n) is 28.3.